The van der Waals surface area contributed by atoms with Crippen molar-refractivity contribution in [3.05, 3.63) is 101 Å². The van der Waals surface area contributed by atoms with Gasteiger partial charge < -0.3 is 14.8 Å². The fourth-order valence-corrected chi connectivity index (χ4v) is 4.11. The van der Waals surface area contributed by atoms with Crippen LogP contribution in [0, 0.1) is 5.92 Å². The molecule has 8 heteroatoms. The molecule has 3 heterocycles. The Kier molecular flexibility index (Phi) is 20.5. The second-order valence-corrected chi connectivity index (χ2v) is 14.3. The van der Waals surface area contributed by atoms with E-state index in [2.05, 4.69) is 114 Å². The minimum Gasteiger partial charge on any atom is -0.481 e. The number of hydrogen-bond donors (Lipinski definition) is 1. The van der Waals surface area contributed by atoms with Crippen molar-refractivity contribution in [1.29, 1.82) is 0 Å². The summed E-state index contributed by atoms with van der Waals surface area (Å²) < 4.78 is 23.3. The van der Waals surface area contributed by atoms with Gasteiger partial charge in [-0.25, -0.2) is 19.3 Å². The van der Waals surface area contributed by atoms with Crippen LogP contribution in [0.1, 0.15) is 148 Å². The molecule has 0 saturated carbocycles. The molecule has 0 radical (unpaired) electrons. The van der Waals surface area contributed by atoms with Gasteiger partial charge in [0.2, 0.25) is 11.8 Å². The molecule has 3 aromatic heterocycles. The first kappa shape index (κ1) is 44.0. The van der Waals surface area contributed by atoms with Gasteiger partial charge in [0.1, 0.15) is 12.0 Å². The van der Waals surface area contributed by atoms with Crippen molar-refractivity contribution >= 4 is 5.82 Å². The maximum absolute atomic E-state index is 12.9. The fourth-order valence-electron chi connectivity index (χ4n) is 4.11. The van der Waals surface area contributed by atoms with Crippen molar-refractivity contribution in [3.63, 3.8) is 0 Å². The lowest BCUT2D eigenvalue weighted by molar-refractivity contribution is 0.259. The largest absolute Gasteiger partial charge is 0.481 e. The molecule has 1 aromatic carbocycles. The number of anilines is 1. The van der Waals surface area contributed by atoms with Gasteiger partial charge in [-0.2, -0.15) is 0 Å². The molecular formula is C42H64FN5O2. The Hall–Kier alpha value is -4.07. The average molecular weight is 690 g/mol. The number of alkyl halides is 1. The zero-order valence-electron chi connectivity index (χ0n) is 33.2. The molecule has 50 heavy (non-hydrogen) atoms. The van der Waals surface area contributed by atoms with Gasteiger partial charge in [-0.3, -0.25) is 4.98 Å². The van der Waals surface area contributed by atoms with Gasteiger partial charge in [-0.05, 0) is 78.7 Å². The second-order valence-electron chi connectivity index (χ2n) is 14.3. The number of ether oxygens (including phenoxy) is 2. The lowest BCUT2D eigenvalue weighted by atomic mass is 10.00. The SMILES string of the molecule is CC(C)COc1cncc(C(C)C)n1.CC(C)Nc1ccc(C(C)C)cn1.CC(C)c1cccc(C(C)F)c1.COc1ccc(C(C)C)cn1. The normalized spacial score (nSPS) is 11.4. The molecule has 1 atom stereocenters. The maximum atomic E-state index is 12.9. The number of hydrogen-bond acceptors (Lipinski definition) is 7. The Balaban J connectivity index is 0.000000335. The number of pyridine rings is 2. The molecule has 0 aliphatic rings. The topological polar surface area (TPSA) is 82.1 Å². The molecule has 4 rings (SSSR count). The summed E-state index contributed by atoms with van der Waals surface area (Å²) in [5.41, 5.74) is 5.49. The third kappa shape index (κ3) is 18.1. The van der Waals surface area contributed by atoms with Crippen molar-refractivity contribution in [2.24, 2.45) is 5.92 Å². The van der Waals surface area contributed by atoms with Gasteiger partial charge >= 0.3 is 0 Å². The van der Waals surface area contributed by atoms with Crippen LogP contribution in [-0.4, -0.2) is 39.7 Å². The molecule has 1 unspecified atom stereocenters. The molecule has 0 aliphatic carbocycles. The quantitative estimate of drug-likeness (QED) is 0.168. The number of nitrogens with one attached hydrogen (secondary N) is 1. The zero-order chi connectivity index (χ0) is 37.8. The lowest BCUT2D eigenvalue weighted by Gasteiger charge is -2.10. The van der Waals surface area contributed by atoms with Crippen LogP contribution in [0.2, 0.25) is 0 Å². The van der Waals surface area contributed by atoms with Crippen LogP contribution in [0.15, 0.2) is 73.3 Å². The standard InChI is InChI=1S/C11H15F.C11H18N2O.C11H18N2.C9H13NO/c1-8(2)10-5-4-6-11(7-10)9(3)12;1-8(2)7-14-11-6-12-5-10(13-11)9(3)4;1-8(2)10-5-6-11(12-7-10)13-9(3)4;1-7(2)8-4-5-9(11-3)10-6-8/h4-9H,1-3H3;5-6,8-9H,7H2,1-4H3;5-9H,1-4H3,(H,12,13);4-7H,1-3H3. The molecule has 0 amide bonds. The first-order valence-corrected chi connectivity index (χ1v) is 17.9. The second kappa shape index (κ2) is 23.4. The van der Waals surface area contributed by atoms with Gasteiger partial charge in [0, 0.05) is 30.7 Å². The minimum atomic E-state index is -0.858. The highest BCUT2D eigenvalue weighted by Gasteiger charge is 2.06. The lowest BCUT2D eigenvalue weighted by Crippen LogP contribution is -2.10. The van der Waals surface area contributed by atoms with E-state index in [9.17, 15) is 4.39 Å². The van der Waals surface area contributed by atoms with E-state index in [4.69, 9.17) is 9.47 Å². The highest BCUT2D eigenvalue weighted by Crippen LogP contribution is 2.22. The Morgan fingerprint density at radius 3 is 1.64 bits per heavy atom. The van der Waals surface area contributed by atoms with Gasteiger partial charge in [0.05, 0.1) is 25.6 Å². The molecule has 0 aliphatic heterocycles. The van der Waals surface area contributed by atoms with Crippen molar-refractivity contribution in [3.8, 4) is 11.8 Å². The summed E-state index contributed by atoms with van der Waals surface area (Å²) in [5.74, 6) is 4.74. The van der Waals surface area contributed by atoms with E-state index >= 15 is 0 Å². The van der Waals surface area contributed by atoms with Gasteiger partial charge in [0.15, 0.2) is 0 Å². The third-order valence-corrected chi connectivity index (χ3v) is 7.35. The molecule has 0 fully saturated rings. The van der Waals surface area contributed by atoms with Gasteiger partial charge in [-0.15, -0.1) is 0 Å². The summed E-state index contributed by atoms with van der Waals surface area (Å²) in [7, 11) is 1.62. The first-order valence-electron chi connectivity index (χ1n) is 17.9. The van der Waals surface area contributed by atoms with Gasteiger partial charge in [0.25, 0.3) is 0 Å². The van der Waals surface area contributed by atoms with Crippen LogP contribution in [0.5, 0.6) is 11.8 Å². The summed E-state index contributed by atoms with van der Waals surface area (Å²) >= 11 is 0. The molecule has 7 nitrogen and oxygen atoms in total. The molecule has 0 bridgehead atoms. The van der Waals surface area contributed by atoms with E-state index in [1.807, 2.05) is 54.9 Å². The molecule has 0 saturated heterocycles. The van der Waals surface area contributed by atoms with Crippen LogP contribution in [0.3, 0.4) is 0 Å². The van der Waals surface area contributed by atoms with Crippen molar-refractivity contribution in [2.75, 3.05) is 19.0 Å². The van der Waals surface area contributed by atoms with E-state index in [0.29, 0.717) is 54.0 Å². The number of halogens is 1. The number of rotatable bonds is 11. The third-order valence-electron chi connectivity index (χ3n) is 7.35. The number of aromatic nitrogens is 4. The Labute approximate surface area is 302 Å². The number of nitrogens with zero attached hydrogens (tertiary/aromatic N) is 4. The average Bonchev–Trinajstić information content (AvgIpc) is 3.08. The summed E-state index contributed by atoms with van der Waals surface area (Å²) in [5, 5.41) is 3.26. The van der Waals surface area contributed by atoms with Crippen molar-refractivity contribution in [1.82, 2.24) is 19.9 Å². The number of benzene rings is 1. The van der Waals surface area contributed by atoms with Crippen molar-refractivity contribution in [2.45, 2.75) is 126 Å². The maximum Gasteiger partial charge on any atom is 0.232 e. The summed E-state index contributed by atoms with van der Waals surface area (Å²) in [6.45, 7) is 27.7. The molecule has 0 spiro atoms. The Bertz CT molecular complexity index is 1430. The van der Waals surface area contributed by atoms with Gasteiger partial charge in [-0.1, -0.05) is 106 Å². The Morgan fingerprint density at radius 2 is 1.20 bits per heavy atom. The molecule has 4 aromatic rings. The van der Waals surface area contributed by atoms with E-state index in [-0.39, 0.29) is 0 Å². The van der Waals surface area contributed by atoms with Crippen LogP contribution in [-0.2, 0) is 0 Å². The summed E-state index contributed by atoms with van der Waals surface area (Å²) in [6, 6.07) is 16.3. The highest BCUT2D eigenvalue weighted by atomic mass is 19.1. The van der Waals surface area contributed by atoms with Crippen molar-refractivity contribution < 1.29 is 13.9 Å². The number of methoxy groups -OCH3 is 1. The smallest absolute Gasteiger partial charge is 0.232 e. The van der Waals surface area contributed by atoms with Crippen LogP contribution >= 0.6 is 0 Å². The zero-order valence-corrected chi connectivity index (χ0v) is 33.2. The van der Waals surface area contributed by atoms with E-state index in [0.717, 1.165) is 17.1 Å². The molecular weight excluding hydrogens is 625 g/mol. The predicted molar refractivity (Wildman–Crippen MR) is 208 cm³/mol. The molecule has 1 N–H and O–H groups in total. The fraction of sp³-hybridized carbons (Fsp3) is 0.524. The van der Waals surface area contributed by atoms with Crippen LogP contribution in [0.4, 0.5) is 10.2 Å². The molecule has 276 valence electrons. The first-order chi connectivity index (χ1) is 23.5. The monoisotopic (exact) mass is 690 g/mol. The van der Waals surface area contributed by atoms with E-state index < -0.39 is 6.17 Å². The highest BCUT2D eigenvalue weighted by molar-refractivity contribution is 5.36. The minimum absolute atomic E-state index is 0.394. The van der Waals surface area contributed by atoms with Crippen LogP contribution in [0.25, 0.3) is 0 Å². The Morgan fingerprint density at radius 1 is 0.620 bits per heavy atom. The van der Waals surface area contributed by atoms with E-state index in [1.165, 1.54) is 16.7 Å². The predicted octanol–water partition coefficient (Wildman–Crippen LogP) is 11.7. The summed E-state index contributed by atoms with van der Waals surface area (Å²) in [6.07, 6.45) is 6.38. The summed E-state index contributed by atoms with van der Waals surface area (Å²) in [4.78, 5) is 16.9. The van der Waals surface area contributed by atoms with E-state index in [1.54, 1.807) is 26.4 Å². The van der Waals surface area contributed by atoms with Crippen LogP contribution < -0.4 is 14.8 Å².